The molecule has 118 valence electrons. The number of Topliss-reactive ketones (excluding diaryl/α,β-unsaturated/α-hetero) is 1. The number of hydrogen-bond acceptors (Lipinski definition) is 4. The second-order valence-corrected chi connectivity index (χ2v) is 5.15. The average Bonchev–Trinajstić information content (AvgIpc) is 2.58. The molecular formula is C18H23NO3. The van der Waals surface area contributed by atoms with Crippen LogP contribution in [0.3, 0.4) is 0 Å². The van der Waals surface area contributed by atoms with Crippen LogP contribution in [0.4, 0.5) is 0 Å². The third kappa shape index (κ3) is 4.67. The van der Waals surface area contributed by atoms with Gasteiger partial charge in [0, 0.05) is 20.0 Å². The number of esters is 1. The number of ketones is 1. The Hall–Kier alpha value is -2.20. The number of nitrogens with two attached hydrogens (primary N) is 1. The summed E-state index contributed by atoms with van der Waals surface area (Å²) in [6.07, 6.45) is 8.84. The van der Waals surface area contributed by atoms with Gasteiger partial charge in [0.05, 0.1) is 6.42 Å². The smallest absolute Gasteiger partial charge is 0.306 e. The molecule has 0 heterocycles. The average molecular weight is 301 g/mol. The molecule has 0 radical (unpaired) electrons. The van der Waals surface area contributed by atoms with Crippen molar-refractivity contribution >= 4 is 17.3 Å². The molecule has 2 rings (SSSR count). The first-order valence-corrected chi connectivity index (χ1v) is 7.56. The van der Waals surface area contributed by atoms with E-state index in [0.29, 0.717) is 12.1 Å². The lowest BCUT2D eigenvalue weighted by atomic mass is 9.97. The van der Waals surface area contributed by atoms with Gasteiger partial charge in [-0.2, -0.15) is 0 Å². The summed E-state index contributed by atoms with van der Waals surface area (Å²) in [6.45, 7) is 0.496. The van der Waals surface area contributed by atoms with E-state index < -0.39 is 0 Å². The molecule has 0 amide bonds. The quantitative estimate of drug-likeness (QED) is 0.620. The Labute approximate surface area is 132 Å². The minimum Gasteiger partial charge on any atom is -0.464 e. The molecule has 0 saturated heterocycles. The third-order valence-corrected chi connectivity index (χ3v) is 3.47. The molecule has 2 N–H and O–H groups in total. The second-order valence-electron chi connectivity index (χ2n) is 5.15. The topological polar surface area (TPSA) is 69.4 Å². The van der Waals surface area contributed by atoms with E-state index >= 15 is 0 Å². The van der Waals surface area contributed by atoms with E-state index in [1.54, 1.807) is 0 Å². The van der Waals surface area contributed by atoms with E-state index in [1.807, 2.05) is 24.3 Å². The van der Waals surface area contributed by atoms with Crippen LogP contribution >= 0.6 is 0 Å². The molecule has 0 bridgehead atoms. The second kappa shape index (κ2) is 8.29. The standard InChI is InChI=1S/C18H21NO3.H2/c19-12-13-22-18(21)11-10-17(20)16-8-6-15(7-9-16)14-4-2-1-3-5-14;/h2,4-9H,1,3,10-13,19H2;1H. The number of benzene rings is 1. The molecule has 0 aromatic heterocycles. The SMILES string of the molecule is NCCOC(=O)CCC(=O)c1ccc(C2=CCCC=C2)cc1.[HH]. The molecule has 1 aromatic rings. The highest BCUT2D eigenvalue weighted by atomic mass is 16.5. The molecular weight excluding hydrogens is 278 g/mol. The Balaban J connectivity index is 0.00000264. The fourth-order valence-corrected chi connectivity index (χ4v) is 2.28. The molecule has 1 aliphatic rings. The zero-order valence-corrected chi connectivity index (χ0v) is 12.6. The zero-order valence-electron chi connectivity index (χ0n) is 12.6. The maximum atomic E-state index is 12.0. The van der Waals surface area contributed by atoms with Crippen molar-refractivity contribution in [2.45, 2.75) is 25.7 Å². The van der Waals surface area contributed by atoms with Crippen molar-refractivity contribution in [2.24, 2.45) is 5.73 Å². The van der Waals surface area contributed by atoms with Gasteiger partial charge in [-0.25, -0.2) is 0 Å². The summed E-state index contributed by atoms with van der Waals surface area (Å²) in [5.41, 5.74) is 8.16. The molecule has 4 heteroatoms. The fraction of sp³-hybridized carbons (Fsp3) is 0.333. The van der Waals surface area contributed by atoms with Crippen LogP contribution in [0.2, 0.25) is 0 Å². The number of ether oxygens (including phenoxy) is 1. The van der Waals surface area contributed by atoms with Gasteiger partial charge in [0.15, 0.2) is 5.78 Å². The number of carbonyl (C=O) groups is 2. The molecule has 1 aliphatic carbocycles. The highest BCUT2D eigenvalue weighted by Crippen LogP contribution is 2.22. The number of rotatable bonds is 7. The first-order chi connectivity index (χ1) is 10.7. The van der Waals surface area contributed by atoms with Gasteiger partial charge in [-0.05, 0) is 24.0 Å². The minimum absolute atomic E-state index is 0. The molecule has 22 heavy (non-hydrogen) atoms. The van der Waals surface area contributed by atoms with Crippen LogP contribution in [0.25, 0.3) is 5.57 Å². The van der Waals surface area contributed by atoms with E-state index in [9.17, 15) is 9.59 Å². The largest absolute Gasteiger partial charge is 0.464 e. The number of allylic oxidation sites excluding steroid dienone is 4. The van der Waals surface area contributed by atoms with Crippen molar-refractivity contribution in [2.75, 3.05) is 13.2 Å². The van der Waals surface area contributed by atoms with Gasteiger partial charge in [-0.15, -0.1) is 0 Å². The monoisotopic (exact) mass is 301 g/mol. The van der Waals surface area contributed by atoms with Gasteiger partial charge >= 0.3 is 5.97 Å². The Morgan fingerprint density at radius 1 is 1.14 bits per heavy atom. The third-order valence-electron chi connectivity index (χ3n) is 3.47. The zero-order chi connectivity index (χ0) is 15.8. The van der Waals surface area contributed by atoms with Crippen LogP contribution in [-0.2, 0) is 9.53 Å². The van der Waals surface area contributed by atoms with E-state index in [0.717, 1.165) is 18.4 Å². The summed E-state index contributed by atoms with van der Waals surface area (Å²) >= 11 is 0. The highest BCUT2D eigenvalue weighted by Gasteiger charge is 2.10. The van der Waals surface area contributed by atoms with Crippen LogP contribution in [-0.4, -0.2) is 24.9 Å². The molecule has 0 saturated carbocycles. The summed E-state index contributed by atoms with van der Waals surface area (Å²) < 4.78 is 4.84. The van der Waals surface area contributed by atoms with Gasteiger partial charge in [-0.3, -0.25) is 9.59 Å². The number of carbonyl (C=O) groups excluding carboxylic acids is 2. The first-order valence-electron chi connectivity index (χ1n) is 7.56. The number of hydrogen-bond donors (Lipinski definition) is 1. The van der Waals surface area contributed by atoms with E-state index in [-0.39, 0.29) is 32.6 Å². The van der Waals surface area contributed by atoms with Crippen LogP contribution in [0.15, 0.2) is 42.5 Å². The molecule has 0 fully saturated rings. The van der Waals surface area contributed by atoms with Crippen molar-refractivity contribution in [1.29, 1.82) is 0 Å². The normalized spacial score (nSPS) is 13.6. The van der Waals surface area contributed by atoms with E-state index in [2.05, 4.69) is 18.2 Å². The fourth-order valence-electron chi connectivity index (χ4n) is 2.28. The molecule has 1 aromatic carbocycles. The first kappa shape index (κ1) is 16.2. The Morgan fingerprint density at radius 2 is 1.91 bits per heavy atom. The highest BCUT2D eigenvalue weighted by molar-refractivity contribution is 5.97. The van der Waals surface area contributed by atoms with Crippen molar-refractivity contribution in [3.63, 3.8) is 0 Å². The molecule has 0 spiro atoms. The van der Waals surface area contributed by atoms with Crippen molar-refractivity contribution < 1.29 is 15.8 Å². The molecule has 4 nitrogen and oxygen atoms in total. The molecule has 0 unspecified atom stereocenters. The Bertz CT molecular complexity index is 591. The summed E-state index contributed by atoms with van der Waals surface area (Å²) in [5, 5.41) is 0. The van der Waals surface area contributed by atoms with Gasteiger partial charge in [0.2, 0.25) is 0 Å². The lowest BCUT2D eigenvalue weighted by molar-refractivity contribution is -0.143. The summed E-state index contributed by atoms with van der Waals surface area (Å²) in [7, 11) is 0. The van der Waals surface area contributed by atoms with Gasteiger partial charge in [-0.1, -0.05) is 42.5 Å². The van der Waals surface area contributed by atoms with Crippen LogP contribution in [0, 0.1) is 0 Å². The summed E-state index contributed by atoms with van der Waals surface area (Å²) in [4.78, 5) is 23.4. The molecule has 0 aliphatic heterocycles. The van der Waals surface area contributed by atoms with Crippen LogP contribution in [0.1, 0.15) is 43.0 Å². The lowest BCUT2D eigenvalue weighted by Crippen LogP contribution is -2.14. The van der Waals surface area contributed by atoms with Gasteiger partial charge in [0.25, 0.3) is 0 Å². The summed E-state index contributed by atoms with van der Waals surface area (Å²) in [6, 6.07) is 7.52. The van der Waals surface area contributed by atoms with E-state index in [1.165, 1.54) is 5.57 Å². The Kier molecular flexibility index (Phi) is 6.10. The van der Waals surface area contributed by atoms with Crippen molar-refractivity contribution in [3.05, 3.63) is 53.6 Å². The Morgan fingerprint density at radius 3 is 2.55 bits per heavy atom. The maximum absolute atomic E-state index is 12.0. The minimum atomic E-state index is -0.382. The maximum Gasteiger partial charge on any atom is 0.306 e. The summed E-state index contributed by atoms with van der Waals surface area (Å²) in [5.74, 6) is -0.433. The van der Waals surface area contributed by atoms with Crippen molar-refractivity contribution in [1.82, 2.24) is 0 Å². The van der Waals surface area contributed by atoms with E-state index in [4.69, 9.17) is 10.5 Å². The van der Waals surface area contributed by atoms with Gasteiger partial charge < -0.3 is 10.5 Å². The lowest BCUT2D eigenvalue weighted by Gasteiger charge is -2.08. The van der Waals surface area contributed by atoms with Crippen LogP contribution < -0.4 is 5.73 Å². The van der Waals surface area contributed by atoms with Crippen LogP contribution in [0.5, 0.6) is 0 Å². The predicted molar refractivity (Wildman–Crippen MR) is 88.5 cm³/mol. The van der Waals surface area contributed by atoms with Crippen molar-refractivity contribution in [3.8, 4) is 0 Å². The molecule has 0 atom stereocenters. The predicted octanol–water partition coefficient (Wildman–Crippen LogP) is 3.13. The van der Waals surface area contributed by atoms with Gasteiger partial charge in [0.1, 0.15) is 6.61 Å².